The third-order valence-electron chi connectivity index (χ3n) is 1.74. The summed E-state index contributed by atoms with van der Waals surface area (Å²) in [6.07, 6.45) is 3.70. The molecular weight excluding hydrogens is 220 g/mol. The monoisotopic (exact) mass is 232 g/mol. The lowest BCUT2D eigenvalue weighted by Crippen LogP contribution is -2.27. The van der Waals surface area contributed by atoms with E-state index in [2.05, 4.69) is 28.3 Å². The molecule has 0 amide bonds. The SMILES string of the molecule is CCCC(NN)c1occc1Br. The quantitative estimate of drug-likeness (QED) is 0.619. The maximum Gasteiger partial charge on any atom is 0.136 e. The van der Waals surface area contributed by atoms with Crippen LogP contribution in [-0.4, -0.2) is 0 Å². The lowest BCUT2D eigenvalue weighted by atomic mass is 10.1. The fraction of sp³-hybridized carbons (Fsp3) is 0.500. The van der Waals surface area contributed by atoms with Crippen molar-refractivity contribution in [3.63, 3.8) is 0 Å². The summed E-state index contributed by atoms with van der Waals surface area (Å²) in [5.41, 5.74) is 2.72. The second-order valence-corrected chi connectivity index (χ2v) is 3.50. The van der Waals surface area contributed by atoms with Crippen LogP contribution in [0.3, 0.4) is 0 Å². The molecule has 0 aliphatic heterocycles. The molecule has 3 nitrogen and oxygen atoms in total. The lowest BCUT2D eigenvalue weighted by molar-refractivity contribution is 0.396. The van der Waals surface area contributed by atoms with Crippen LogP contribution in [0.5, 0.6) is 0 Å². The van der Waals surface area contributed by atoms with Crippen LogP contribution < -0.4 is 11.3 Å². The second-order valence-electron chi connectivity index (χ2n) is 2.64. The smallest absolute Gasteiger partial charge is 0.136 e. The van der Waals surface area contributed by atoms with Gasteiger partial charge < -0.3 is 4.42 Å². The summed E-state index contributed by atoms with van der Waals surface area (Å²) >= 11 is 3.39. The Morgan fingerprint density at radius 3 is 2.92 bits per heavy atom. The molecule has 1 aromatic rings. The van der Waals surface area contributed by atoms with E-state index in [0.717, 1.165) is 23.1 Å². The van der Waals surface area contributed by atoms with Gasteiger partial charge in [-0.1, -0.05) is 13.3 Å². The van der Waals surface area contributed by atoms with Crippen LogP contribution in [0.2, 0.25) is 0 Å². The minimum absolute atomic E-state index is 0.111. The van der Waals surface area contributed by atoms with Gasteiger partial charge in [0.25, 0.3) is 0 Å². The topological polar surface area (TPSA) is 51.2 Å². The highest BCUT2D eigenvalue weighted by atomic mass is 79.9. The first-order valence-electron chi connectivity index (χ1n) is 3.98. The van der Waals surface area contributed by atoms with Crippen molar-refractivity contribution in [1.29, 1.82) is 0 Å². The average molecular weight is 233 g/mol. The predicted molar refractivity (Wildman–Crippen MR) is 51.4 cm³/mol. The van der Waals surface area contributed by atoms with Gasteiger partial charge in [0.1, 0.15) is 5.76 Å². The Kier molecular flexibility index (Phi) is 3.78. The third-order valence-corrected chi connectivity index (χ3v) is 2.39. The van der Waals surface area contributed by atoms with E-state index in [1.54, 1.807) is 6.26 Å². The third kappa shape index (κ3) is 2.09. The average Bonchev–Trinajstić information content (AvgIpc) is 2.47. The van der Waals surface area contributed by atoms with Crippen LogP contribution in [0.15, 0.2) is 21.2 Å². The molecule has 0 bridgehead atoms. The highest BCUT2D eigenvalue weighted by Gasteiger charge is 2.14. The fourth-order valence-corrected chi connectivity index (χ4v) is 1.61. The van der Waals surface area contributed by atoms with Gasteiger partial charge >= 0.3 is 0 Å². The van der Waals surface area contributed by atoms with E-state index >= 15 is 0 Å². The molecule has 0 saturated carbocycles. The van der Waals surface area contributed by atoms with Crippen molar-refractivity contribution < 1.29 is 4.42 Å². The molecule has 0 aromatic carbocycles. The first-order valence-corrected chi connectivity index (χ1v) is 4.78. The maximum atomic E-state index is 5.39. The van der Waals surface area contributed by atoms with E-state index in [4.69, 9.17) is 10.3 Å². The molecule has 0 spiro atoms. The number of rotatable bonds is 4. The van der Waals surface area contributed by atoms with Crippen molar-refractivity contribution in [2.24, 2.45) is 5.84 Å². The van der Waals surface area contributed by atoms with Crippen LogP contribution >= 0.6 is 15.9 Å². The number of furan rings is 1. The molecule has 0 aliphatic carbocycles. The Hall–Kier alpha value is -0.320. The van der Waals surface area contributed by atoms with Gasteiger partial charge in [-0.05, 0) is 28.4 Å². The van der Waals surface area contributed by atoms with Crippen molar-refractivity contribution >= 4 is 15.9 Å². The molecule has 0 aliphatic rings. The molecule has 1 heterocycles. The molecule has 12 heavy (non-hydrogen) atoms. The standard InChI is InChI=1S/C8H13BrN2O/c1-2-3-7(11-10)8-6(9)4-5-12-8/h4-5,7,11H,2-3,10H2,1H3. The zero-order valence-corrected chi connectivity index (χ0v) is 8.60. The highest BCUT2D eigenvalue weighted by Crippen LogP contribution is 2.26. The highest BCUT2D eigenvalue weighted by molar-refractivity contribution is 9.10. The molecule has 0 fully saturated rings. The maximum absolute atomic E-state index is 5.39. The Morgan fingerprint density at radius 2 is 2.50 bits per heavy atom. The van der Waals surface area contributed by atoms with E-state index in [-0.39, 0.29) is 6.04 Å². The molecule has 3 N–H and O–H groups in total. The Bertz CT molecular complexity index is 237. The van der Waals surface area contributed by atoms with E-state index in [1.807, 2.05) is 6.07 Å². The number of nitrogens with one attached hydrogen (secondary N) is 1. The zero-order valence-electron chi connectivity index (χ0n) is 7.01. The van der Waals surface area contributed by atoms with E-state index in [1.165, 1.54) is 0 Å². The van der Waals surface area contributed by atoms with E-state index < -0.39 is 0 Å². The first kappa shape index (κ1) is 9.77. The van der Waals surface area contributed by atoms with Crippen molar-refractivity contribution in [2.75, 3.05) is 0 Å². The van der Waals surface area contributed by atoms with Gasteiger partial charge in [-0.25, -0.2) is 5.43 Å². The van der Waals surface area contributed by atoms with Crippen molar-refractivity contribution in [3.05, 3.63) is 22.6 Å². The largest absolute Gasteiger partial charge is 0.466 e. The summed E-state index contributed by atoms with van der Waals surface area (Å²) in [5.74, 6) is 6.26. The van der Waals surface area contributed by atoms with Gasteiger partial charge in [0.05, 0.1) is 16.8 Å². The summed E-state index contributed by atoms with van der Waals surface area (Å²) < 4.78 is 6.25. The Balaban J connectivity index is 2.72. The van der Waals surface area contributed by atoms with Gasteiger partial charge in [0.2, 0.25) is 0 Å². The van der Waals surface area contributed by atoms with Gasteiger partial charge in [0.15, 0.2) is 0 Å². The summed E-state index contributed by atoms with van der Waals surface area (Å²) in [4.78, 5) is 0. The molecule has 1 rings (SSSR count). The van der Waals surface area contributed by atoms with Crippen molar-refractivity contribution in [2.45, 2.75) is 25.8 Å². The van der Waals surface area contributed by atoms with Gasteiger partial charge in [0, 0.05) is 0 Å². The molecular formula is C8H13BrN2O. The molecule has 1 atom stereocenters. The summed E-state index contributed by atoms with van der Waals surface area (Å²) in [5, 5.41) is 0. The molecule has 68 valence electrons. The van der Waals surface area contributed by atoms with Gasteiger partial charge in [-0.3, -0.25) is 5.84 Å². The molecule has 1 aromatic heterocycles. The zero-order chi connectivity index (χ0) is 8.97. The number of hydrogen-bond acceptors (Lipinski definition) is 3. The molecule has 1 unspecified atom stereocenters. The Morgan fingerprint density at radius 1 is 1.75 bits per heavy atom. The van der Waals surface area contributed by atoms with Crippen LogP contribution in [0.4, 0.5) is 0 Å². The van der Waals surface area contributed by atoms with Crippen LogP contribution in [0, 0.1) is 0 Å². The second kappa shape index (κ2) is 4.64. The van der Waals surface area contributed by atoms with Crippen LogP contribution in [-0.2, 0) is 0 Å². The number of hydrogen-bond donors (Lipinski definition) is 2. The lowest BCUT2D eigenvalue weighted by Gasteiger charge is -2.11. The number of nitrogens with two attached hydrogens (primary N) is 1. The molecule has 0 saturated heterocycles. The number of hydrazine groups is 1. The van der Waals surface area contributed by atoms with E-state index in [0.29, 0.717) is 0 Å². The van der Waals surface area contributed by atoms with E-state index in [9.17, 15) is 0 Å². The number of halogens is 1. The normalized spacial score (nSPS) is 13.2. The predicted octanol–water partition coefficient (Wildman–Crippen LogP) is 2.35. The van der Waals surface area contributed by atoms with Crippen LogP contribution in [0.1, 0.15) is 31.6 Å². The van der Waals surface area contributed by atoms with Crippen molar-refractivity contribution in [3.8, 4) is 0 Å². The van der Waals surface area contributed by atoms with Gasteiger partial charge in [-0.2, -0.15) is 0 Å². The summed E-state index contributed by atoms with van der Waals surface area (Å²) in [6, 6.07) is 1.98. The minimum atomic E-state index is 0.111. The van der Waals surface area contributed by atoms with Crippen molar-refractivity contribution in [1.82, 2.24) is 5.43 Å². The first-order chi connectivity index (χ1) is 5.79. The summed E-state index contributed by atoms with van der Waals surface area (Å²) in [6.45, 7) is 2.11. The Labute approximate surface area is 80.4 Å². The molecule has 4 heteroatoms. The van der Waals surface area contributed by atoms with Crippen LogP contribution in [0.25, 0.3) is 0 Å². The summed E-state index contributed by atoms with van der Waals surface area (Å²) in [7, 11) is 0. The van der Waals surface area contributed by atoms with Gasteiger partial charge in [-0.15, -0.1) is 0 Å². The molecule has 0 radical (unpaired) electrons. The minimum Gasteiger partial charge on any atom is -0.466 e. The fourth-order valence-electron chi connectivity index (χ4n) is 1.13.